The van der Waals surface area contributed by atoms with Gasteiger partial charge in [-0.3, -0.25) is 14.5 Å². The average molecular weight is 482 g/mol. The van der Waals surface area contributed by atoms with Crippen LogP contribution in [0.2, 0.25) is 0 Å². The molecule has 3 aromatic carbocycles. The number of hydrogen-bond acceptors (Lipinski definition) is 5. The zero-order valence-electron chi connectivity index (χ0n) is 19.1. The highest BCUT2D eigenvalue weighted by molar-refractivity contribution is 7.14. The molecule has 0 fully saturated rings. The number of carbonyl (C=O) groups is 2. The Hall–Kier alpha value is -4.28. The quantitative estimate of drug-likeness (QED) is 0.351. The van der Waals surface area contributed by atoms with Gasteiger partial charge in [0.25, 0.3) is 0 Å². The van der Waals surface area contributed by atoms with Gasteiger partial charge in [-0.2, -0.15) is 5.26 Å². The molecule has 174 valence electrons. The van der Waals surface area contributed by atoms with E-state index in [1.165, 1.54) is 16.2 Å². The van der Waals surface area contributed by atoms with Gasteiger partial charge in [-0.25, -0.2) is 4.98 Å². The summed E-state index contributed by atoms with van der Waals surface area (Å²) in [5.74, 6) is -1.99. The van der Waals surface area contributed by atoms with Crippen molar-refractivity contribution in [2.24, 2.45) is 5.92 Å². The van der Waals surface area contributed by atoms with Crippen LogP contribution in [0.25, 0.3) is 22.4 Å². The maximum Gasteiger partial charge on any atom is 0.304 e. The van der Waals surface area contributed by atoms with Crippen molar-refractivity contribution in [3.63, 3.8) is 0 Å². The van der Waals surface area contributed by atoms with Gasteiger partial charge in [0.1, 0.15) is 0 Å². The molecule has 35 heavy (non-hydrogen) atoms. The molecule has 4 aromatic rings. The number of benzene rings is 3. The molecule has 1 atom stereocenters. The summed E-state index contributed by atoms with van der Waals surface area (Å²) < 4.78 is 0. The van der Waals surface area contributed by atoms with Crippen molar-refractivity contribution in [2.45, 2.75) is 12.8 Å². The fraction of sp³-hybridized carbons (Fsp3) is 0.143. The van der Waals surface area contributed by atoms with Gasteiger partial charge < -0.3 is 5.11 Å². The van der Waals surface area contributed by atoms with Gasteiger partial charge in [-0.15, -0.1) is 11.3 Å². The molecule has 0 aliphatic rings. The van der Waals surface area contributed by atoms with Crippen LogP contribution in [-0.2, 0) is 16.0 Å². The summed E-state index contributed by atoms with van der Waals surface area (Å²) in [7, 11) is 1.64. The van der Waals surface area contributed by atoms with Gasteiger partial charge in [-0.1, -0.05) is 66.7 Å². The lowest BCUT2D eigenvalue weighted by atomic mass is 9.95. The van der Waals surface area contributed by atoms with Gasteiger partial charge in [0, 0.05) is 18.0 Å². The van der Waals surface area contributed by atoms with Crippen molar-refractivity contribution in [3.8, 4) is 28.5 Å². The second-order valence-corrected chi connectivity index (χ2v) is 8.97. The monoisotopic (exact) mass is 481 g/mol. The molecule has 0 bridgehead atoms. The standard InChI is InChI=1S/C28H23N3O3S/c1-31(27(34)22(16-26(32)33)15-19-7-3-2-4-8-19)28-30-25(18-35-28)24-10-6-5-9-23(24)21-13-11-20(17-29)12-14-21/h2-14,18,22H,15-16H2,1H3,(H,32,33)/t22-/m1/s1. The van der Waals surface area contributed by atoms with Crippen LogP contribution in [0, 0.1) is 17.2 Å². The lowest BCUT2D eigenvalue weighted by molar-refractivity contribution is -0.140. The van der Waals surface area contributed by atoms with E-state index in [9.17, 15) is 14.7 Å². The Bertz CT molecular complexity index is 1370. The number of hydrogen-bond donors (Lipinski definition) is 1. The van der Waals surface area contributed by atoms with E-state index < -0.39 is 11.9 Å². The number of aliphatic carboxylic acids is 1. The molecular formula is C28H23N3O3S. The van der Waals surface area contributed by atoms with Crippen molar-refractivity contribution in [1.82, 2.24) is 4.98 Å². The van der Waals surface area contributed by atoms with E-state index in [-0.39, 0.29) is 12.3 Å². The SMILES string of the molecule is CN(C(=O)[C@@H](CC(=O)O)Cc1ccccc1)c1nc(-c2ccccc2-c2ccc(C#N)cc2)cs1. The van der Waals surface area contributed by atoms with E-state index in [1.807, 2.05) is 72.1 Å². The van der Waals surface area contributed by atoms with E-state index in [2.05, 4.69) is 6.07 Å². The minimum absolute atomic E-state index is 0.252. The smallest absolute Gasteiger partial charge is 0.304 e. The van der Waals surface area contributed by atoms with Crippen LogP contribution in [0.1, 0.15) is 17.5 Å². The Balaban J connectivity index is 1.59. The molecule has 4 rings (SSSR count). The largest absolute Gasteiger partial charge is 0.481 e. The van der Waals surface area contributed by atoms with Crippen molar-refractivity contribution in [1.29, 1.82) is 5.26 Å². The second-order valence-electron chi connectivity index (χ2n) is 8.13. The summed E-state index contributed by atoms with van der Waals surface area (Å²) in [6, 6.07) is 26.7. The summed E-state index contributed by atoms with van der Waals surface area (Å²) in [5.41, 5.74) is 5.07. The van der Waals surface area contributed by atoms with Gasteiger partial charge in [0.2, 0.25) is 5.91 Å². The molecule has 1 heterocycles. The highest BCUT2D eigenvalue weighted by Gasteiger charge is 2.27. The first kappa shape index (κ1) is 23.9. The van der Waals surface area contributed by atoms with Crippen LogP contribution in [0.15, 0.2) is 84.2 Å². The maximum atomic E-state index is 13.3. The zero-order chi connectivity index (χ0) is 24.8. The Labute approximate surface area is 207 Å². The first-order valence-corrected chi connectivity index (χ1v) is 11.9. The molecule has 6 nitrogen and oxygen atoms in total. The number of nitriles is 1. The summed E-state index contributed by atoms with van der Waals surface area (Å²) in [4.78, 5) is 30.9. The van der Waals surface area contributed by atoms with Crippen LogP contribution in [0.3, 0.4) is 0 Å². The van der Waals surface area contributed by atoms with Crippen LogP contribution in [0.4, 0.5) is 5.13 Å². The van der Waals surface area contributed by atoms with E-state index in [4.69, 9.17) is 10.2 Å². The molecule has 0 aliphatic carbocycles. The molecule has 1 N–H and O–H groups in total. The normalized spacial score (nSPS) is 11.4. The zero-order valence-corrected chi connectivity index (χ0v) is 19.9. The van der Waals surface area contributed by atoms with E-state index in [0.29, 0.717) is 17.1 Å². The topological polar surface area (TPSA) is 94.3 Å². The molecular weight excluding hydrogens is 458 g/mol. The average Bonchev–Trinajstić information content (AvgIpc) is 3.38. The Morgan fingerprint density at radius 1 is 1.00 bits per heavy atom. The van der Waals surface area contributed by atoms with Crippen LogP contribution in [-0.4, -0.2) is 29.0 Å². The molecule has 7 heteroatoms. The molecule has 0 saturated carbocycles. The molecule has 1 aromatic heterocycles. The van der Waals surface area contributed by atoms with Gasteiger partial charge in [0.05, 0.1) is 29.7 Å². The fourth-order valence-corrected chi connectivity index (χ4v) is 4.74. The third-order valence-corrected chi connectivity index (χ3v) is 6.65. The van der Waals surface area contributed by atoms with Crippen molar-refractivity contribution in [3.05, 3.63) is 95.4 Å². The van der Waals surface area contributed by atoms with Gasteiger partial charge in [0.15, 0.2) is 5.13 Å². The summed E-state index contributed by atoms with van der Waals surface area (Å²) in [5, 5.41) is 20.9. The number of aromatic nitrogens is 1. The second kappa shape index (κ2) is 10.8. The highest BCUT2D eigenvalue weighted by atomic mass is 32.1. The number of rotatable bonds is 8. The predicted octanol–water partition coefficient (Wildman–Crippen LogP) is 5.65. The highest BCUT2D eigenvalue weighted by Crippen LogP contribution is 2.35. The third-order valence-electron chi connectivity index (χ3n) is 5.73. The van der Waals surface area contributed by atoms with E-state index >= 15 is 0 Å². The van der Waals surface area contributed by atoms with E-state index in [1.54, 1.807) is 19.2 Å². The number of carbonyl (C=O) groups excluding carboxylic acids is 1. The Morgan fingerprint density at radius 3 is 2.31 bits per heavy atom. The maximum absolute atomic E-state index is 13.3. The first-order chi connectivity index (χ1) is 17.0. The number of carboxylic acid groups (broad SMARTS) is 1. The number of thiazole rings is 1. The van der Waals surface area contributed by atoms with Gasteiger partial charge in [-0.05, 0) is 35.2 Å². The predicted molar refractivity (Wildman–Crippen MR) is 137 cm³/mol. The number of carboxylic acids is 1. The van der Waals surface area contributed by atoms with Crippen LogP contribution in [0.5, 0.6) is 0 Å². The molecule has 1 amide bonds. The molecule has 0 aliphatic heterocycles. The molecule has 0 saturated heterocycles. The van der Waals surface area contributed by atoms with E-state index in [0.717, 1.165) is 27.9 Å². The Kier molecular flexibility index (Phi) is 7.34. The lowest BCUT2D eigenvalue weighted by Gasteiger charge is -2.21. The summed E-state index contributed by atoms with van der Waals surface area (Å²) in [6.07, 6.45) is 0.0912. The van der Waals surface area contributed by atoms with Crippen molar-refractivity contribution < 1.29 is 14.7 Å². The summed E-state index contributed by atoms with van der Waals surface area (Å²) in [6.45, 7) is 0. The number of amides is 1. The first-order valence-electron chi connectivity index (χ1n) is 11.0. The van der Waals surface area contributed by atoms with Crippen molar-refractivity contribution in [2.75, 3.05) is 11.9 Å². The third kappa shape index (κ3) is 5.62. The molecule has 0 spiro atoms. The number of anilines is 1. The lowest BCUT2D eigenvalue weighted by Crippen LogP contribution is -2.35. The minimum atomic E-state index is -1.01. The fourth-order valence-electron chi connectivity index (χ4n) is 3.95. The van der Waals surface area contributed by atoms with Gasteiger partial charge >= 0.3 is 5.97 Å². The minimum Gasteiger partial charge on any atom is -0.481 e. The van der Waals surface area contributed by atoms with Crippen LogP contribution >= 0.6 is 11.3 Å². The van der Waals surface area contributed by atoms with Crippen molar-refractivity contribution >= 4 is 28.3 Å². The molecule has 0 radical (unpaired) electrons. The summed E-state index contributed by atoms with van der Waals surface area (Å²) >= 11 is 1.34. The number of nitrogens with zero attached hydrogens (tertiary/aromatic N) is 3. The Morgan fingerprint density at radius 2 is 1.66 bits per heavy atom. The van der Waals surface area contributed by atoms with Crippen LogP contribution < -0.4 is 4.90 Å². The molecule has 0 unspecified atom stereocenters.